The Labute approximate surface area is 233 Å². The number of rotatable bonds is 4. The summed E-state index contributed by atoms with van der Waals surface area (Å²) >= 11 is 0. The number of carbonyl (C=O) groups excluding carboxylic acids is 2. The summed E-state index contributed by atoms with van der Waals surface area (Å²) in [7, 11) is 0. The lowest BCUT2D eigenvalue weighted by molar-refractivity contribution is -0.173. The minimum atomic E-state index is -0.664. The molecule has 7 atom stereocenters. The Morgan fingerprint density at radius 1 is 1.08 bits per heavy atom. The van der Waals surface area contributed by atoms with Crippen LogP contribution in [0.5, 0.6) is 0 Å². The van der Waals surface area contributed by atoms with E-state index >= 15 is 0 Å². The summed E-state index contributed by atoms with van der Waals surface area (Å²) in [6.07, 6.45) is 11.6. The molecule has 7 heteroatoms. The van der Waals surface area contributed by atoms with Gasteiger partial charge in [0.25, 0.3) is 0 Å². The Hall–Kier alpha value is -2.62. The van der Waals surface area contributed by atoms with Crippen LogP contribution in [0.2, 0.25) is 0 Å². The lowest BCUT2D eigenvalue weighted by Gasteiger charge is -2.69. The van der Waals surface area contributed by atoms with Crippen molar-refractivity contribution in [3.05, 3.63) is 23.3 Å². The first-order chi connectivity index (χ1) is 18.0. The summed E-state index contributed by atoms with van der Waals surface area (Å²) in [4.78, 5) is 27.8. The van der Waals surface area contributed by atoms with Crippen LogP contribution in [0.3, 0.4) is 0 Å². The lowest BCUT2D eigenvalue weighted by Crippen LogP contribution is -2.65. The molecule has 7 nitrogen and oxygen atoms in total. The quantitative estimate of drug-likeness (QED) is 0.174. The molecule has 0 radical (unpaired) electrons. The molecule has 0 bridgehead atoms. The van der Waals surface area contributed by atoms with Crippen LogP contribution in [0.4, 0.5) is 0 Å². The normalized spacial score (nSPS) is 43.8. The molecule has 5 aliphatic rings. The maximum Gasteiger partial charge on any atom is 0.178 e. The zero-order valence-electron chi connectivity index (χ0n) is 24.8. The Balaban J connectivity index is 1.67. The van der Waals surface area contributed by atoms with Crippen molar-refractivity contribution >= 4 is 17.9 Å². The number of fused-ring (bicyclic) bond motifs is 7. The van der Waals surface area contributed by atoms with Crippen molar-refractivity contribution in [3.8, 4) is 6.07 Å². The molecule has 5 rings (SSSR count). The van der Waals surface area contributed by atoms with Gasteiger partial charge in [-0.25, -0.2) is 5.01 Å². The van der Waals surface area contributed by atoms with Crippen molar-refractivity contribution in [1.82, 2.24) is 5.01 Å². The standard InChI is InChI=1S/C32H45N5O2/c1-27(2)10-12-32(18-37(19-34)36-35)13-11-31(7)25(21(32)16-27)22(38)14-24-29(5)15-20(17-33)26(39)28(3,4)23(29)8-9-30(24,31)6/h14-15,19,21,23,25,34-35H,8-13,16,18H2,1-7H3/t21?,23?,25-,29-,30+,31+,32+/m0/s1. The minimum Gasteiger partial charge on any atom is -0.295 e. The molecule has 210 valence electrons. The highest BCUT2D eigenvalue weighted by atomic mass is 16.1. The van der Waals surface area contributed by atoms with Gasteiger partial charge in [-0.3, -0.25) is 15.0 Å². The van der Waals surface area contributed by atoms with E-state index < -0.39 is 10.8 Å². The fourth-order valence-corrected chi connectivity index (χ4v) is 10.4. The smallest absolute Gasteiger partial charge is 0.178 e. The third-order valence-electron chi connectivity index (χ3n) is 12.8. The fraction of sp³-hybridized carbons (Fsp3) is 0.750. The summed E-state index contributed by atoms with van der Waals surface area (Å²) < 4.78 is 0. The van der Waals surface area contributed by atoms with Crippen LogP contribution >= 0.6 is 0 Å². The first kappa shape index (κ1) is 27.9. The summed E-state index contributed by atoms with van der Waals surface area (Å²) in [6, 6.07) is 2.19. The van der Waals surface area contributed by atoms with E-state index in [2.05, 4.69) is 45.9 Å². The minimum absolute atomic E-state index is 0.0398. The topological polar surface area (TPSA) is 121 Å². The number of carbonyl (C=O) groups is 2. The molecule has 2 unspecified atom stereocenters. The molecule has 0 aromatic carbocycles. The van der Waals surface area contributed by atoms with Crippen molar-refractivity contribution in [2.45, 2.75) is 93.4 Å². The molecule has 2 N–H and O–H groups in total. The summed E-state index contributed by atoms with van der Waals surface area (Å²) in [5.41, 5.74) is 7.25. The van der Waals surface area contributed by atoms with Gasteiger partial charge in [0.15, 0.2) is 11.6 Å². The predicted octanol–water partition coefficient (Wildman–Crippen LogP) is 7.06. The summed E-state index contributed by atoms with van der Waals surface area (Å²) in [5.74, 6) is 0.148. The van der Waals surface area contributed by atoms with Gasteiger partial charge in [0.2, 0.25) is 0 Å². The zero-order chi connectivity index (χ0) is 28.8. The molecule has 0 spiro atoms. The van der Waals surface area contributed by atoms with Gasteiger partial charge in [0.1, 0.15) is 12.4 Å². The molecule has 0 aliphatic heterocycles. The Morgan fingerprint density at radius 3 is 2.36 bits per heavy atom. The SMILES string of the molecule is CC1(C)CC[C@]2(CN(C=N)N=N)CC[C@]3(C)[C@H](C(=O)C=C4[C@@]5(C)C=C(C#N)C(=O)C(C)(C)C5CC[C@]43C)C2C1. The van der Waals surface area contributed by atoms with Crippen LogP contribution in [-0.4, -0.2) is 29.5 Å². The second-order valence-electron chi connectivity index (χ2n) is 15.4. The number of nitrogens with one attached hydrogen (secondary N) is 2. The molecule has 3 fully saturated rings. The highest BCUT2D eigenvalue weighted by Crippen LogP contribution is 2.74. The molecule has 39 heavy (non-hydrogen) atoms. The number of hydrogen-bond donors (Lipinski definition) is 2. The van der Waals surface area contributed by atoms with Crippen LogP contribution in [0.1, 0.15) is 93.4 Å². The molecule has 0 amide bonds. The number of nitriles is 1. The monoisotopic (exact) mass is 531 g/mol. The number of hydrogen-bond acceptors (Lipinski definition) is 6. The number of Topliss-reactive ketones (excluding diaryl/α,β-unsaturated/α-hetero) is 1. The number of nitrogens with zero attached hydrogens (tertiary/aromatic N) is 3. The van der Waals surface area contributed by atoms with Crippen LogP contribution in [0, 0.1) is 72.5 Å². The second-order valence-corrected chi connectivity index (χ2v) is 15.4. The van der Waals surface area contributed by atoms with Gasteiger partial charge in [-0.15, -0.1) is 0 Å². The number of ketones is 2. The van der Waals surface area contributed by atoms with Crippen molar-refractivity contribution in [3.63, 3.8) is 0 Å². The fourth-order valence-electron chi connectivity index (χ4n) is 10.4. The molecular formula is C32H45N5O2. The van der Waals surface area contributed by atoms with Crippen molar-refractivity contribution in [2.24, 2.45) is 55.5 Å². The van der Waals surface area contributed by atoms with E-state index in [1.807, 2.05) is 26.0 Å². The van der Waals surface area contributed by atoms with Gasteiger partial charge in [-0.05, 0) is 84.5 Å². The molecule has 0 heterocycles. The Kier molecular flexibility index (Phi) is 6.05. The first-order valence-corrected chi connectivity index (χ1v) is 14.6. The largest absolute Gasteiger partial charge is 0.295 e. The molecule has 0 saturated heterocycles. The average Bonchev–Trinajstić information content (AvgIpc) is 2.86. The summed E-state index contributed by atoms with van der Waals surface area (Å²) in [6.45, 7) is 15.9. The van der Waals surface area contributed by atoms with Crippen molar-refractivity contribution in [1.29, 1.82) is 16.2 Å². The maximum atomic E-state index is 14.5. The van der Waals surface area contributed by atoms with Crippen molar-refractivity contribution < 1.29 is 9.59 Å². The van der Waals surface area contributed by atoms with E-state index in [0.29, 0.717) is 6.54 Å². The highest BCUT2D eigenvalue weighted by molar-refractivity contribution is 6.04. The van der Waals surface area contributed by atoms with Gasteiger partial charge in [0.05, 0.1) is 12.1 Å². The van der Waals surface area contributed by atoms with E-state index in [-0.39, 0.29) is 56.6 Å². The predicted molar refractivity (Wildman–Crippen MR) is 150 cm³/mol. The van der Waals surface area contributed by atoms with Gasteiger partial charge >= 0.3 is 0 Å². The number of allylic oxidation sites excluding steroid dienone is 4. The molecule has 0 aromatic heterocycles. The lowest BCUT2D eigenvalue weighted by atomic mass is 9.34. The summed E-state index contributed by atoms with van der Waals surface area (Å²) in [5, 5.41) is 22.8. The van der Waals surface area contributed by atoms with Crippen LogP contribution in [0.25, 0.3) is 0 Å². The second kappa shape index (κ2) is 8.44. The third kappa shape index (κ3) is 3.55. The highest BCUT2D eigenvalue weighted by Gasteiger charge is 2.69. The van der Waals surface area contributed by atoms with E-state index in [1.54, 1.807) is 0 Å². The van der Waals surface area contributed by atoms with E-state index in [0.717, 1.165) is 56.9 Å². The maximum absolute atomic E-state index is 14.5. The van der Waals surface area contributed by atoms with E-state index in [1.165, 1.54) is 5.01 Å². The Bertz CT molecular complexity index is 1250. The molecular weight excluding hydrogens is 486 g/mol. The third-order valence-corrected chi connectivity index (χ3v) is 12.8. The van der Waals surface area contributed by atoms with Crippen LogP contribution in [-0.2, 0) is 9.59 Å². The zero-order valence-corrected chi connectivity index (χ0v) is 24.8. The van der Waals surface area contributed by atoms with Gasteiger partial charge in [-0.2, -0.15) is 10.8 Å². The Morgan fingerprint density at radius 2 is 1.74 bits per heavy atom. The molecule has 5 aliphatic carbocycles. The van der Waals surface area contributed by atoms with Gasteiger partial charge in [0, 0.05) is 16.7 Å². The average molecular weight is 532 g/mol. The first-order valence-electron chi connectivity index (χ1n) is 14.6. The van der Waals surface area contributed by atoms with Gasteiger partial charge < -0.3 is 0 Å². The van der Waals surface area contributed by atoms with Gasteiger partial charge in [-0.1, -0.05) is 65.3 Å². The van der Waals surface area contributed by atoms with Crippen LogP contribution in [0.15, 0.2) is 28.5 Å². The van der Waals surface area contributed by atoms with E-state index in [9.17, 15) is 14.9 Å². The molecule has 3 saturated carbocycles. The van der Waals surface area contributed by atoms with Crippen LogP contribution < -0.4 is 0 Å². The van der Waals surface area contributed by atoms with Crippen molar-refractivity contribution in [2.75, 3.05) is 6.54 Å². The van der Waals surface area contributed by atoms with E-state index in [4.69, 9.17) is 10.9 Å². The molecule has 0 aromatic rings.